The van der Waals surface area contributed by atoms with Gasteiger partial charge in [-0.1, -0.05) is 6.07 Å². The SMILES string of the molecule is CCOc1ccc(C=O)cc1CN1C[C@@H]2C[C@@H](C1)c1cccc(=O)n1C2. The highest BCUT2D eigenvalue weighted by Gasteiger charge is 2.34. The third kappa shape index (κ3) is 3.19. The Kier molecular flexibility index (Phi) is 4.64. The fraction of sp³-hybridized carbons (Fsp3) is 0.429. The molecule has 2 aromatic rings. The average molecular weight is 352 g/mol. The molecule has 1 aromatic carbocycles. The Labute approximate surface area is 153 Å². The molecule has 5 nitrogen and oxygen atoms in total. The third-order valence-electron chi connectivity index (χ3n) is 5.47. The van der Waals surface area contributed by atoms with Gasteiger partial charge in [-0.25, -0.2) is 0 Å². The molecule has 2 aliphatic rings. The summed E-state index contributed by atoms with van der Waals surface area (Å²) in [5.74, 6) is 1.73. The Bertz CT molecular complexity index is 874. The molecule has 4 rings (SSSR count). The topological polar surface area (TPSA) is 51.5 Å². The summed E-state index contributed by atoms with van der Waals surface area (Å²) in [5, 5.41) is 0. The number of aromatic nitrogens is 1. The van der Waals surface area contributed by atoms with Crippen molar-refractivity contribution in [3.05, 3.63) is 63.6 Å². The van der Waals surface area contributed by atoms with E-state index in [-0.39, 0.29) is 5.56 Å². The molecule has 1 fully saturated rings. The van der Waals surface area contributed by atoms with E-state index in [9.17, 15) is 9.59 Å². The summed E-state index contributed by atoms with van der Waals surface area (Å²) < 4.78 is 7.71. The Morgan fingerprint density at radius 2 is 2.08 bits per heavy atom. The van der Waals surface area contributed by atoms with Gasteiger partial charge in [-0.2, -0.15) is 0 Å². The number of ether oxygens (including phenoxy) is 1. The number of pyridine rings is 1. The smallest absolute Gasteiger partial charge is 0.250 e. The molecule has 0 N–H and O–H groups in total. The van der Waals surface area contributed by atoms with E-state index in [0.717, 1.165) is 55.9 Å². The maximum absolute atomic E-state index is 12.2. The molecule has 3 heterocycles. The predicted molar refractivity (Wildman–Crippen MR) is 99.8 cm³/mol. The van der Waals surface area contributed by atoms with Gasteiger partial charge in [0, 0.05) is 55.0 Å². The van der Waals surface area contributed by atoms with Gasteiger partial charge in [0.1, 0.15) is 12.0 Å². The molecule has 0 unspecified atom stereocenters. The van der Waals surface area contributed by atoms with E-state index in [0.29, 0.717) is 24.0 Å². The van der Waals surface area contributed by atoms with Crippen LogP contribution in [-0.4, -0.2) is 35.4 Å². The zero-order valence-electron chi connectivity index (χ0n) is 15.1. The molecule has 0 aliphatic carbocycles. The lowest BCUT2D eigenvalue weighted by Gasteiger charge is -2.43. The van der Waals surface area contributed by atoms with E-state index in [1.54, 1.807) is 12.1 Å². The highest BCUT2D eigenvalue weighted by Crippen LogP contribution is 2.36. The van der Waals surface area contributed by atoms with Crippen LogP contribution in [0.5, 0.6) is 5.75 Å². The maximum atomic E-state index is 12.2. The number of rotatable bonds is 5. The van der Waals surface area contributed by atoms with Crippen molar-refractivity contribution >= 4 is 6.29 Å². The van der Waals surface area contributed by atoms with Gasteiger partial charge in [0.15, 0.2) is 0 Å². The standard InChI is InChI=1S/C21H24N2O3/c1-2-26-20-7-6-15(14-24)8-18(20)13-22-10-16-9-17(12-22)19-4-3-5-21(25)23(19)11-16/h3-8,14,16-17H,2,9-13H2,1H3/t16-,17-/m0/s1. The van der Waals surface area contributed by atoms with Crippen molar-refractivity contribution < 1.29 is 9.53 Å². The largest absolute Gasteiger partial charge is 0.494 e. The molecule has 0 spiro atoms. The second kappa shape index (κ2) is 7.08. The van der Waals surface area contributed by atoms with Gasteiger partial charge < -0.3 is 9.30 Å². The van der Waals surface area contributed by atoms with Crippen LogP contribution in [0.4, 0.5) is 0 Å². The number of likely N-dealkylation sites (tertiary alicyclic amines) is 1. The van der Waals surface area contributed by atoms with E-state index in [1.807, 2.05) is 29.7 Å². The molecule has 1 saturated heterocycles. The van der Waals surface area contributed by atoms with Crippen molar-refractivity contribution in [2.45, 2.75) is 32.4 Å². The second-order valence-electron chi connectivity index (χ2n) is 7.31. The highest BCUT2D eigenvalue weighted by molar-refractivity contribution is 5.75. The van der Waals surface area contributed by atoms with Gasteiger partial charge >= 0.3 is 0 Å². The summed E-state index contributed by atoms with van der Waals surface area (Å²) in [6.45, 7) is 6.03. The summed E-state index contributed by atoms with van der Waals surface area (Å²) in [4.78, 5) is 25.8. The lowest BCUT2D eigenvalue weighted by molar-refractivity contribution is 0.111. The minimum Gasteiger partial charge on any atom is -0.494 e. The number of benzene rings is 1. The van der Waals surface area contributed by atoms with Gasteiger partial charge in [-0.05, 0) is 43.5 Å². The predicted octanol–water partition coefficient (Wildman–Crippen LogP) is 2.68. The Balaban J connectivity index is 1.58. The van der Waals surface area contributed by atoms with Crippen molar-refractivity contribution in [1.29, 1.82) is 0 Å². The first kappa shape index (κ1) is 17.0. The summed E-state index contributed by atoms with van der Waals surface area (Å²) >= 11 is 0. The summed E-state index contributed by atoms with van der Waals surface area (Å²) in [5.41, 5.74) is 3.01. The van der Waals surface area contributed by atoms with E-state index in [1.165, 1.54) is 0 Å². The first-order valence-electron chi connectivity index (χ1n) is 9.31. The van der Waals surface area contributed by atoms with Crippen molar-refractivity contribution in [2.75, 3.05) is 19.7 Å². The Morgan fingerprint density at radius 1 is 1.19 bits per heavy atom. The monoisotopic (exact) mass is 352 g/mol. The van der Waals surface area contributed by atoms with Gasteiger partial charge in [-0.3, -0.25) is 14.5 Å². The van der Waals surface area contributed by atoms with Crippen LogP contribution in [-0.2, 0) is 13.1 Å². The normalized spacial score (nSPS) is 21.9. The second-order valence-corrected chi connectivity index (χ2v) is 7.31. The molecular formula is C21H24N2O3. The summed E-state index contributed by atoms with van der Waals surface area (Å²) in [6.07, 6.45) is 2.03. The third-order valence-corrected chi connectivity index (χ3v) is 5.47. The van der Waals surface area contributed by atoms with Crippen LogP contribution < -0.4 is 10.3 Å². The number of hydrogen-bond donors (Lipinski definition) is 0. The van der Waals surface area contributed by atoms with Gasteiger partial charge in [0.05, 0.1) is 6.61 Å². The zero-order chi connectivity index (χ0) is 18.1. The molecule has 136 valence electrons. The summed E-state index contributed by atoms with van der Waals surface area (Å²) in [6, 6.07) is 11.2. The quantitative estimate of drug-likeness (QED) is 0.777. The molecule has 26 heavy (non-hydrogen) atoms. The van der Waals surface area contributed by atoms with E-state index in [2.05, 4.69) is 11.0 Å². The molecule has 5 heteroatoms. The lowest BCUT2D eigenvalue weighted by atomic mass is 9.83. The number of fused-ring (bicyclic) bond motifs is 4. The van der Waals surface area contributed by atoms with Crippen molar-refractivity contribution in [3.8, 4) is 5.75 Å². The van der Waals surface area contributed by atoms with Crippen LogP contribution in [0.3, 0.4) is 0 Å². The number of aldehydes is 1. The number of carbonyl (C=O) groups is 1. The Hall–Kier alpha value is -2.40. The van der Waals surface area contributed by atoms with E-state index < -0.39 is 0 Å². The van der Waals surface area contributed by atoms with Crippen LogP contribution in [0.25, 0.3) is 0 Å². The molecular weight excluding hydrogens is 328 g/mol. The highest BCUT2D eigenvalue weighted by atomic mass is 16.5. The van der Waals surface area contributed by atoms with Crippen LogP contribution in [0.2, 0.25) is 0 Å². The van der Waals surface area contributed by atoms with E-state index in [4.69, 9.17) is 4.74 Å². The molecule has 1 aromatic heterocycles. The summed E-state index contributed by atoms with van der Waals surface area (Å²) in [7, 11) is 0. The van der Waals surface area contributed by atoms with Crippen molar-refractivity contribution in [2.24, 2.45) is 5.92 Å². The van der Waals surface area contributed by atoms with Crippen LogP contribution >= 0.6 is 0 Å². The fourth-order valence-corrected chi connectivity index (χ4v) is 4.46. The fourth-order valence-electron chi connectivity index (χ4n) is 4.46. The minimum absolute atomic E-state index is 0.114. The zero-order valence-corrected chi connectivity index (χ0v) is 15.1. The van der Waals surface area contributed by atoms with Gasteiger partial charge in [0.2, 0.25) is 0 Å². The molecule has 0 amide bonds. The maximum Gasteiger partial charge on any atom is 0.250 e. The van der Waals surface area contributed by atoms with Crippen LogP contribution in [0.1, 0.15) is 40.9 Å². The number of nitrogens with zero attached hydrogens (tertiary/aromatic N) is 2. The lowest BCUT2D eigenvalue weighted by Crippen LogP contribution is -2.46. The van der Waals surface area contributed by atoms with Crippen molar-refractivity contribution in [1.82, 2.24) is 9.47 Å². The first-order chi connectivity index (χ1) is 12.7. The number of hydrogen-bond acceptors (Lipinski definition) is 4. The number of carbonyl (C=O) groups excluding carboxylic acids is 1. The molecule has 0 radical (unpaired) electrons. The Morgan fingerprint density at radius 3 is 2.88 bits per heavy atom. The van der Waals surface area contributed by atoms with Gasteiger partial charge in [-0.15, -0.1) is 0 Å². The minimum atomic E-state index is 0.114. The number of piperidine rings is 1. The van der Waals surface area contributed by atoms with Crippen LogP contribution in [0, 0.1) is 5.92 Å². The van der Waals surface area contributed by atoms with Gasteiger partial charge in [0.25, 0.3) is 5.56 Å². The first-order valence-corrected chi connectivity index (χ1v) is 9.31. The van der Waals surface area contributed by atoms with Crippen molar-refractivity contribution in [3.63, 3.8) is 0 Å². The molecule has 0 saturated carbocycles. The van der Waals surface area contributed by atoms with E-state index >= 15 is 0 Å². The molecule has 2 atom stereocenters. The molecule has 2 aliphatic heterocycles. The average Bonchev–Trinajstić information content (AvgIpc) is 2.64. The molecule has 2 bridgehead atoms. The van der Waals surface area contributed by atoms with Crippen LogP contribution in [0.15, 0.2) is 41.2 Å².